The third-order valence-corrected chi connectivity index (χ3v) is 3.14. The summed E-state index contributed by atoms with van der Waals surface area (Å²) in [7, 11) is 1.97. The molecule has 1 N–H and O–H groups in total. The zero-order valence-electron chi connectivity index (χ0n) is 8.14. The molecule has 3 heteroatoms. The summed E-state index contributed by atoms with van der Waals surface area (Å²) in [6.07, 6.45) is 0. The van der Waals surface area contributed by atoms with Crippen LogP contribution in [0.2, 0.25) is 0 Å². The Morgan fingerprint density at radius 3 is 2.67 bits per heavy atom. The minimum absolute atomic E-state index is 0.160. The van der Waals surface area contributed by atoms with E-state index in [0.29, 0.717) is 0 Å². The molecule has 1 aromatic heterocycles. The maximum Gasteiger partial charge on any atom is 0.0997 e. The standard InChI is InChI=1S/C9H16N2S/c1-7-5-12-8(11-7)9(2,3)6-10-4/h5,10H,6H2,1-4H3. The Hall–Kier alpha value is -0.410. The first-order valence-corrected chi connectivity index (χ1v) is 5.01. The van der Waals surface area contributed by atoms with Gasteiger partial charge in [0.05, 0.1) is 5.01 Å². The smallest absolute Gasteiger partial charge is 0.0997 e. The maximum atomic E-state index is 4.48. The summed E-state index contributed by atoms with van der Waals surface area (Å²) in [5.74, 6) is 0. The molecule has 1 aromatic rings. The van der Waals surface area contributed by atoms with Crippen molar-refractivity contribution in [2.45, 2.75) is 26.2 Å². The number of nitrogens with one attached hydrogen (secondary N) is 1. The molecule has 0 aromatic carbocycles. The molecule has 0 unspecified atom stereocenters. The molecule has 68 valence electrons. The van der Waals surface area contributed by atoms with Gasteiger partial charge in [0.25, 0.3) is 0 Å². The van der Waals surface area contributed by atoms with E-state index in [9.17, 15) is 0 Å². The van der Waals surface area contributed by atoms with Gasteiger partial charge in [0.15, 0.2) is 0 Å². The molecule has 0 spiro atoms. The molecule has 0 aliphatic rings. The summed E-state index contributed by atoms with van der Waals surface area (Å²) in [5.41, 5.74) is 1.28. The first-order valence-electron chi connectivity index (χ1n) is 4.13. The summed E-state index contributed by atoms with van der Waals surface area (Å²) in [6, 6.07) is 0. The van der Waals surface area contributed by atoms with Gasteiger partial charge in [0.2, 0.25) is 0 Å². The summed E-state index contributed by atoms with van der Waals surface area (Å²) in [4.78, 5) is 4.48. The molecule has 1 heterocycles. The third kappa shape index (κ3) is 2.05. The molecule has 0 saturated heterocycles. The first-order chi connectivity index (χ1) is 5.56. The lowest BCUT2D eigenvalue weighted by atomic mass is 9.95. The van der Waals surface area contributed by atoms with E-state index in [1.54, 1.807) is 11.3 Å². The van der Waals surface area contributed by atoms with Crippen molar-refractivity contribution in [1.29, 1.82) is 0 Å². The van der Waals surface area contributed by atoms with Crippen LogP contribution in [0.25, 0.3) is 0 Å². The molecule has 0 bridgehead atoms. The monoisotopic (exact) mass is 184 g/mol. The normalized spacial score (nSPS) is 12.0. The van der Waals surface area contributed by atoms with Crippen LogP contribution in [0.3, 0.4) is 0 Å². The van der Waals surface area contributed by atoms with Gasteiger partial charge in [-0.2, -0.15) is 0 Å². The Balaban J connectivity index is 2.81. The van der Waals surface area contributed by atoms with Crippen LogP contribution in [-0.4, -0.2) is 18.6 Å². The van der Waals surface area contributed by atoms with E-state index < -0.39 is 0 Å². The van der Waals surface area contributed by atoms with E-state index in [0.717, 1.165) is 12.2 Å². The van der Waals surface area contributed by atoms with Crippen LogP contribution >= 0.6 is 11.3 Å². The molecule has 0 saturated carbocycles. The SMILES string of the molecule is CNCC(C)(C)c1nc(C)cs1. The quantitative estimate of drug-likeness (QED) is 0.776. The van der Waals surface area contributed by atoms with Crippen molar-refractivity contribution in [3.05, 3.63) is 16.1 Å². The molecule has 0 aliphatic heterocycles. The molecular weight excluding hydrogens is 168 g/mol. The van der Waals surface area contributed by atoms with Crippen LogP contribution in [0.15, 0.2) is 5.38 Å². The zero-order valence-corrected chi connectivity index (χ0v) is 8.96. The van der Waals surface area contributed by atoms with Crippen LogP contribution in [0, 0.1) is 6.92 Å². The summed E-state index contributed by atoms with van der Waals surface area (Å²) in [5, 5.41) is 6.50. The lowest BCUT2D eigenvalue weighted by molar-refractivity contribution is 0.490. The molecule has 12 heavy (non-hydrogen) atoms. The molecule has 1 rings (SSSR count). The van der Waals surface area contributed by atoms with Gasteiger partial charge in [0, 0.05) is 23.0 Å². The van der Waals surface area contributed by atoms with Crippen molar-refractivity contribution >= 4 is 11.3 Å². The van der Waals surface area contributed by atoms with Crippen LogP contribution < -0.4 is 5.32 Å². The summed E-state index contributed by atoms with van der Waals surface area (Å²) < 4.78 is 0. The van der Waals surface area contributed by atoms with E-state index in [4.69, 9.17) is 0 Å². The van der Waals surface area contributed by atoms with Crippen molar-refractivity contribution in [2.75, 3.05) is 13.6 Å². The second-order valence-electron chi connectivity index (χ2n) is 3.71. The van der Waals surface area contributed by atoms with Gasteiger partial charge in [-0.05, 0) is 14.0 Å². The number of aromatic nitrogens is 1. The Bertz CT molecular complexity index is 253. The van der Waals surface area contributed by atoms with Crippen LogP contribution in [0.4, 0.5) is 0 Å². The van der Waals surface area contributed by atoms with Crippen LogP contribution in [0.1, 0.15) is 24.5 Å². The minimum atomic E-state index is 0.160. The number of hydrogen-bond donors (Lipinski definition) is 1. The van der Waals surface area contributed by atoms with Crippen molar-refractivity contribution in [1.82, 2.24) is 10.3 Å². The third-order valence-electron chi connectivity index (χ3n) is 1.82. The first kappa shape index (κ1) is 9.68. The van der Waals surface area contributed by atoms with Gasteiger partial charge in [-0.1, -0.05) is 13.8 Å². The average Bonchev–Trinajstić information content (AvgIpc) is 2.36. The van der Waals surface area contributed by atoms with Crippen molar-refractivity contribution in [2.24, 2.45) is 0 Å². The van der Waals surface area contributed by atoms with E-state index in [2.05, 4.69) is 29.5 Å². The fraction of sp³-hybridized carbons (Fsp3) is 0.667. The summed E-state index contributed by atoms with van der Waals surface area (Å²) >= 11 is 1.75. The molecule has 0 amide bonds. The van der Waals surface area contributed by atoms with Gasteiger partial charge in [-0.25, -0.2) is 4.98 Å². The fourth-order valence-corrected chi connectivity index (χ4v) is 2.11. The van der Waals surface area contributed by atoms with Gasteiger partial charge >= 0.3 is 0 Å². The highest BCUT2D eigenvalue weighted by Crippen LogP contribution is 2.25. The number of aryl methyl sites for hydroxylation is 1. The van der Waals surface area contributed by atoms with Crippen molar-refractivity contribution < 1.29 is 0 Å². The van der Waals surface area contributed by atoms with Gasteiger partial charge in [-0.3, -0.25) is 0 Å². The summed E-state index contributed by atoms with van der Waals surface area (Å²) in [6.45, 7) is 7.43. The maximum absolute atomic E-state index is 4.48. The van der Waals surface area contributed by atoms with Gasteiger partial charge in [-0.15, -0.1) is 11.3 Å². The molecular formula is C9H16N2S. The molecule has 0 aliphatic carbocycles. The Kier molecular flexibility index (Phi) is 2.85. The number of likely N-dealkylation sites (N-methyl/N-ethyl adjacent to an activating group) is 1. The minimum Gasteiger partial charge on any atom is -0.319 e. The highest BCUT2D eigenvalue weighted by molar-refractivity contribution is 7.09. The molecule has 0 atom stereocenters. The van der Waals surface area contributed by atoms with E-state index in [1.807, 2.05) is 14.0 Å². The number of rotatable bonds is 3. The number of nitrogens with zero attached hydrogens (tertiary/aromatic N) is 1. The van der Waals surface area contributed by atoms with E-state index in [1.165, 1.54) is 5.01 Å². The van der Waals surface area contributed by atoms with E-state index >= 15 is 0 Å². The second kappa shape index (κ2) is 3.54. The number of hydrogen-bond acceptors (Lipinski definition) is 3. The largest absolute Gasteiger partial charge is 0.319 e. The van der Waals surface area contributed by atoms with E-state index in [-0.39, 0.29) is 5.41 Å². The molecule has 0 fully saturated rings. The number of thiazole rings is 1. The highest BCUT2D eigenvalue weighted by Gasteiger charge is 2.22. The van der Waals surface area contributed by atoms with Crippen molar-refractivity contribution in [3.8, 4) is 0 Å². The Morgan fingerprint density at radius 2 is 2.25 bits per heavy atom. The average molecular weight is 184 g/mol. The zero-order chi connectivity index (χ0) is 9.19. The lowest BCUT2D eigenvalue weighted by Gasteiger charge is -2.20. The Labute approximate surface area is 78.0 Å². The van der Waals surface area contributed by atoms with Crippen LogP contribution in [0.5, 0.6) is 0 Å². The highest BCUT2D eigenvalue weighted by atomic mass is 32.1. The van der Waals surface area contributed by atoms with Gasteiger partial charge < -0.3 is 5.32 Å². The predicted molar refractivity (Wildman–Crippen MR) is 53.8 cm³/mol. The van der Waals surface area contributed by atoms with Gasteiger partial charge in [0.1, 0.15) is 0 Å². The molecule has 0 radical (unpaired) electrons. The topological polar surface area (TPSA) is 24.9 Å². The second-order valence-corrected chi connectivity index (χ2v) is 4.57. The predicted octanol–water partition coefficient (Wildman–Crippen LogP) is 1.95. The lowest BCUT2D eigenvalue weighted by Crippen LogP contribution is -2.30. The fourth-order valence-electron chi connectivity index (χ4n) is 1.18. The van der Waals surface area contributed by atoms with Crippen molar-refractivity contribution in [3.63, 3.8) is 0 Å². The molecule has 2 nitrogen and oxygen atoms in total. The Morgan fingerprint density at radius 1 is 1.58 bits per heavy atom. The van der Waals surface area contributed by atoms with Crippen LogP contribution in [-0.2, 0) is 5.41 Å².